The highest BCUT2D eigenvalue weighted by molar-refractivity contribution is 7.92. The second kappa shape index (κ2) is 3.20. The van der Waals surface area contributed by atoms with Crippen molar-refractivity contribution in [3.05, 3.63) is 0 Å². The van der Waals surface area contributed by atoms with Crippen LogP contribution >= 0.6 is 0 Å². The zero-order valence-electron chi connectivity index (χ0n) is 6.04. The molecular formula is C4H12AlN3OS. The van der Waals surface area contributed by atoms with Gasteiger partial charge in [-0.2, -0.15) is 0 Å². The standard InChI is InChI=1S/C4H9N2OS.Al.H2N.H/c1-5-8(7)4-2-3-6-8;;;/h2H,3-4H2,1H3,(H,5,6,7);;1H2;/q;+1;-1;. The highest BCUT2D eigenvalue weighted by Gasteiger charge is 2.24. The summed E-state index contributed by atoms with van der Waals surface area (Å²) < 4.78 is 24.1. The van der Waals surface area contributed by atoms with Crippen molar-refractivity contribution in [2.45, 2.75) is 4.78 Å². The molecule has 1 fully saturated rings. The van der Waals surface area contributed by atoms with E-state index in [1.54, 1.807) is 7.05 Å². The molecule has 0 saturated carbocycles. The van der Waals surface area contributed by atoms with Gasteiger partial charge in [-0.15, -0.1) is 0 Å². The monoisotopic (exact) mass is 177 g/mol. The smallest absolute Gasteiger partial charge is 0.347 e. The Morgan fingerprint density at radius 3 is 2.90 bits per heavy atom. The van der Waals surface area contributed by atoms with Crippen LogP contribution in [0.1, 0.15) is 0 Å². The van der Waals surface area contributed by atoms with Crippen LogP contribution in [0.25, 0.3) is 0 Å². The Morgan fingerprint density at radius 2 is 2.60 bits per heavy atom. The molecule has 1 aliphatic heterocycles. The first-order chi connectivity index (χ1) is 4.70. The predicted molar refractivity (Wildman–Crippen MR) is 44.5 cm³/mol. The van der Waals surface area contributed by atoms with E-state index in [4.69, 9.17) is 4.72 Å². The maximum Gasteiger partial charge on any atom is 0.347 e. The molecule has 2 unspecified atom stereocenters. The van der Waals surface area contributed by atoms with E-state index < -0.39 is 25.4 Å². The summed E-state index contributed by atoms with van der Waals surface area (Å²) in [7, 11) is -0.430. The Morgan fingerprint density at radius 1 is 1.90 bits per heavy atom. The molecule has 1 aliphatic rings. The first kappa shape index (κ1) is 8.50. The molecule has 10 heavy (non-hydrogen) atoms. The molecule has 2 atom stereocenters. The molecule has 1 heterocycles. The van der Waals surface area contributed by atoms with E-state index >= 15 is 0 Å². The van der Waals surface area contributed by atoms with Crippen LogP contribution in [0.3, 0.4) is 0 Å². The molecule has 58 valence electrons. The van der Waals surface area contributed by atoms with Crippen LogP contribution in [0.15, 0.2) is 4.36 Å². The van der Waals surface area contributed by atoms with E-state index in [1.807, 2.05) is 0 Å². The fourth-order valence-corrected chi connectivity index (χ4v) is 4.65. The highest BCUT2D eigenvalue weighted by Crippen LogP contribution is 2.12. The van der Waals surface area contributed by atoms with E-state index in [-0.39, 0.29) is 0 Å². The first-order valence-corrected chi connectivity index (χ1v) is 6.59. The molecule has 0 radical (unpaired) electrons. The molecule has 3 N–H and O–H groups in total. The molecule has 1 saturated heterocycles. The SMILES string of the molecule is CN=S1(=O)C[CH]([AlH][NH2])CN1. The van der Waals surface area contributed by atoms with Crippen molar-refractivity contribution in [3.63, 3.8) is 0 Å². The average molecular weight is 177 g/mol. The van der Waals surface area contributed by atoms with Crippen LogP contribution in [-0.2, 0) is 9.92 Å². The average Bonchev–Trinajstić information content (AvgIpc) is 2.33. The Kier molecular flexibility index (Phi) is 2.72. The number of hydrogen-bond acceptors (Lipinski definition) is 3. The van der Waals surface area contributed by atoms with Crippen molar-refractivity contribution in [3.8, 4) is 0 Å². The van der Waals surface area contributed by atoms with Crippen LogP contribution < -0.4 is 9.44 Å². The van der Waals surface area contributed by atoms with Gasteiger partial charge in [0.1, 0.15) is 9.92 Å². The molecule has 1 rings (SSSR count). The van der Waals surface area contributed by atoms with E-state index in [9.17, 15) is 4.21 Å². The maximum absolute atomic E-state index is 11.4. The molecule has 0 aromatic heterocycles. The van der Waals surface area contributed by atoms with Gasteiger partial charge in [0, 0.05) is 19.3 Å². The van der Waals surface area contributed by atoms with Gasteiger partial charge >= 0.3 is 15.4 Å². The van der Waals surface area contributed by atoms with Gasteiger partial charge in [-0.3, -0.25) is 0 Å². The molecule has 0 aromatic carbocycles. The summed E-state index contributed by atoms with van der Waals surface area (Å²) in [6.45, 7) is 0.804. The van der Waals surface area contributed by atoms with Crippen molar-refractivity contribution >= 4 is 25.4 Å². The van der Waals surface area contributed by atoms with Crippen LogP contribution in [0, 0.1) is 0 Å². The number of nitrogens with two attached hydrogens (primary N) is 1. The molecule has 0 aromatic rings. The lowest BCUT2D eigenvalue weighted by molar-refractivity contribution is 0.674. The van der Waals surface area contributed by atoms with Gasteiger partial charge < -0.3 is 4.72 Å². The number of nitrogens with zero attached hydrogens (tertiary/aromatic N) is 1. The molecular weight excluding hydrogens is 165 g/mol. The molecule has 4 nitrogen and oxygen atoms in total. The van der Waals surface area contributed by atoms with Crippen molar-refractivity contribution in [1.82, 2.24) is 4.72 Å². The summed E-state index contributed by atoms with van der Waals surface area (Å²) in [6.07, 6.45) is 0. The van der Waals surface area contributed by atoms with Gasteiger partial charge in [0.15, 0.2) is 0 Å². The molecule has 6 heteroatoms. The normalized spacial score (nSPS) is 39.6. The number of rotatable bonds is 1. The second-order valence-corrected chi connectivity index (χ2v) is 6.33. The van der Waals surface area contributed by atoms with Gasteiger partial charge in [-0.05, 0) is 4.78 Å². The molecule has 0 amide bonds. The van der Waals surface area contributed by atoms with E-state index in [0.717, 1.165) is 6.54 Å². The Balaban J connectivity index is 2.68. The number of nitrogens with one attached hydrogen (secondary N) is 1. The van der Waals surface area contributed by atoms with Gasteiger partial charge in [0.05, 0.1) is 0 Å². The lowest BCUT2D eigenvalue weighted by Gasteiger charge is -1.97. The van der Waals surface area contributed by atoms with Crippen LogP contribution in [0.4, 0.5) is 0 Å². The van der Waals surface area contributed by atoms with E-state index in [0.29, 0.717) is 10.5 Å². The van der Waals surface area contributed by atoms with Gasteiger partial charge in [0.2, 0.25) is 0 Å². The Bertz CT molecular complexity index is 223. The number of hydrogen-bond donors (Lipinski definition) is 2. The summed E-state index contributed by atoms with van der Waals surface area (Å²) in [4.78, 5) is 0. The van der Waals surface area contributed by atoms with Crippen molar-refractivity contribution < 1.29 is 4.21 Å². The van der Waals surface area contributed by atoms with Crippen molar-refractivity contribution in [2.24, 2.45) is 9.08 Å². The molecule has 0 spiro atoms. The topological polar surface area (TPSA) is 67.5 Å². The Hall–Kier alpha value is 0.402. The van der Waals surface area contributed by atoms with Crippen molar-refractivity contribution in [1.29, 1.82) is 0 Å². The van der Waals surface area contributed by atoms with E-state index in [1.165, 1.54) is 0 Å². The van der Waals surface area contributed by atoms with Gasteiger partial charge in [-0.1, -0.05) is 0 Å². The lowest BCUT2D eigenvalue weighted by Crippen LogP contribution is -2.17. The first-order valence-electron chi connectivity index (χ1n) is 3.28. The van der Waals surface area contributed by atoms with Gasteiger partial charge in [0.25, 0.3) is 0 Å². The minimum atomic E-state index is -2.02. The summed E-state index contributed by atoms with van der Waals surface area (Å²) in [6, 6.07) is 0. The van der Waals surface area contributed by atoms with Crippen LogP contribution in [-0.4, -0.2) is 39.0 Å². The lowest BCUT2D eigenvalue weighted by atomic mass is 10.5. The summed E-state index contributed by atoms with van der Waals surface area (Å²) in [5, 5.41) is 0. The minimum Gasteiger partial charge on any atom is -0.415 e. The van der Waals surface area contributed by atoms with E-state index in [2.05, 4.69) is 9.08 Å². The summed E-state index contributed by atoms with van der Waals surface area (Å²) >= 11 is -0.489. The zero-order valence-corrected chi connectivity index (χ0v) is 8.27. The Labute approximate surface area is 67.8 Å². The molecule has 0 aliphatic carbocycles. The molecule has 0 bridgehead atoms. The third-order valence-electron chi connectivity index (χ3n) is 1.69. The largest absolute Gasteiger partial charge is 0.415 e. The van der Waals surface area contributed by atoms with Crippen LogP contribution in [0.5, 0.6) is 0 Å². The fourth-order valence-electron chi connectivity index (χ4n) is 0.976. The summed E-state index contributed by atoms with van der Waals surface area (Å²) in [5.74, 6) is 0.673. The maximum atomic E-state index is 11.4. The van der Waals surface area contributed by atoms with Crippen molar-refractivity contribution in [2.75, 3.05) is 19.3 Å². The highest BCUT2D eigenvalue weighted by atomic mass is 32.2. The fraction of sp³-hybridized carbons (Fsp3) is 1.00. The third-order valence-corrected chi connectivity index (χ3v) is 5.48. The van der Waals surface area contributed by atoms with Crippen LogP contribution in [0.2, 0.25) is 4.78 Å². The predicted octanol–water partition coefficient (Wildman–Crippen LogP) is -1.30. The van der Waals surface area contributed by atoms with Gasteiger partial charge in [-0.25, -0.2) is 13.3 Å². The summed E-state index contributed by atoms with van der Waals surface area (Å²) in [5.41, 5.74) is 0. The zero-order chi connectivity index (χ0) is 7.61. The quantitative estimate of drug-likeness (QED) is 0.489. The second-order valence-electron chi connectivity index (χ2n) is 2.44. The minimum absolute atomic E-state index is 0.483. The third kappa shape index (κ3) is 1.71.